The molecular formula is C16H9F4N3O4. The highest BCUT2D eigenvalue weighted by Crippen LogP contribution is 2.30. The second-order valence-corrected chi connectivity index (χ2v) is 5.22. The van der Waals surface area contributed by atoms with E-state index in [2.05, 4.69) is 20.0 Å². The van der Waals surface area contributed by atoms with Gasteiger partial charge in [0.15, 0.2) is 5.76 Å². The lowest BCUT2D eigenvalue weighted by Gasteiger charge is -2.05. The van der Waals surface area contributed by atoms with Crippen LogP contribution in [0.5, 0.6) is 0 Å². The van der Waals surface area contributed by atoms with E-state index < -0.39 is 35.4 Å². The second-order valence-electron chi connectivity index (χ2n) is 5.22. The minimum atomic E-state index is -4.84. The summed E-state index contributed by atoms with van der Waals surface area (Å²) in [4.78, 5) is 26.5. The molecule has 1 aromatic carbocycles. The van der Waals surface area contributed by atoms with E-state index in [9.17, 15) is 27.2 Å². The highest BCUT2D eigenvalue weighted by Gasteiger charge is 2.38. The molecule has 0 bridgehead atoms. The molecule has 0 unspecified atom stereocenters. The molecule has 1 amide bonds. The number of ketones is 1. The smallest absolute Gasteiger partial charge is 0.461 e. The largest absolute Gasteiger partial charge is 0.471 e. The first-order valence-electron chi connectivity index (χ1n) is 7.31. The van der Waals surface area contributed by atoms with Crippen LogP contribution in [0.3, 0.4) is 0 Å². The lowest BCUT2D eigenvalue weighted by Crippen LogP contribution is -2.30. The monoisotopic (exact) mass is 383 g/mol. The van der Waals surface area contributed by atoms with Gasteiger partial charge in [-0.2, -0.15) is 18.2 Å². The zero-order valence-electron chi connectivity index (χ0n) is 13.2. The molecule has 7 nitrogen and oxygen atoms in total. The molecule has 3 aromatic rings. The standard InChI is InChI=1S/C16H9F4N3O4/c17-10-6-8(7-21-14(25)12(24)11-2-1-5-26-11)3-4-9(10)13-22-15(27-23-13)16(18,19)20/h1-6H,7H2,(H,21,25). The number of halogens is 4. The van der Waals surface area contributed by atoms with Gasteiger partial charge in [0.1, 0.15) is 5.82 Å². The Kier molecular flexibility index (Phi) is 4.75. The Morgan fingerprint density at radius 1 is 1.19 bits per heavy atom. The van der Waals surface area contributed by atoms with E-state index in [4.69, 9.17) is 4.42 Å². The summed E-state index contributed by atoms with van der Waals surface area (Å²) in [6, 6.07) is 6.19. The molecule has 0 aliphatic heterocycles. The molecule has 27 heavy (non-hydrogen) atoms. The van der Waals surface area contributed by atoms with Crippen molar-refractivity contribution in [2.75, 3.05) is 0 Å². The minimum Gasteiger partial charge on any atom is -0.461 e. The molecule has 11 heteroatoms. The van der Waals surface area contributed by atoms with Crippen LogP contribution in [-0.2, 0) is 17.5 Å². The molecular weight excluding hydrogens is 374 g/mol. The highest BCUT2D eigenvalue weighted by atomic mass is 19.4. The number of furan rings is 1. The van der Waals surface area contributed by atoms with E-state index >= 15 is 0 Å². The molecule has 0 aliphatic rings. The lowest BCUT2D eigenvalue weighted by molar-refractivity contribution is -0.159. The topological polar surface area (TPSA) is 98.2 Å². The van der Waals surface area contributed by atoms with Crippen molar-refractivity contribution in [1.82, 2.24) is 15.5 Å². The molecule has 0 radical (unpaired) electrons. The van der Waals surface area contributed by atoms with Gasteiger partial charge in [-0.15, -0.1) is 0 Å². The second kappa shape index (κ2) is 7.02. The van der Waals surface area contributed by atoms with Crippen LogP contribution < -0.4 is 5.32 Å². The minimum absolute atomic E-state index is 0.147. The summed E-state index contributed by atoms with van der Waals surface area (Å²) >= 11 is 0. The molecule has 0 atom stereocenters. The molecule has 0 saturated carbocycles. The van der Waals surface area contributed by atoms with Gasteiger partial charge in [0.05, 0.1) is 11.8 Å². The van der Waals surface area contributed by atoms with Gasteiger partial charge in [-0.1, -0.05) is 11.2 Å². The number of rotatable bonds is 5. The number of nitrogens with zero attached hydrogens (tertiary/aromatic N) is 2. The Bertz CT molecular complexity index is 980. The van der Waals surface area contributed by atoms with E-state index in [1.165, 1.54) is 24.5 Å². The van der Waals surface area contributed by atoms with Crippen molar-refractivity contribution >= 4 is 11.7 Å². The van der Waals surface area contributed by atoms with Crippen molar-refractivity contribution < 1.29 is 36.1 Å². The quantitative estimate of drug-likeness (QED) is 0.413. The summed E-state index contributed by atoms with van der Waals surface area (Å²) in [5, 5.41) is 5.38. The Hall–Kier alpha value is -3.50. The van der Waals surface area contributed by atoms with E-state index in [1.807, 2.05) is 0 Å². The summed E-state index contributed by atoms with van der Waals surface area (Å²) < 4.78 is 60.4. The maximum absolute atomic E-state index is 14.2. The SMILES string of the molecule is O=C(NCc1ccc(-c2noc(C(F)(F)F)n2)c(F)c1)C(=O)c1ccco1. The van der Waals surface area contributed by atoms with Crippen molar-refractivity contribution in [2.24, 2.45) is 0 Å². The number of carbonyl (C=O) groups excluding carboxylic acids is 2. The number of nitrogens with one attached hydrogen (secondary N) is 1. The molecule has 1 N–H and O–H groups in total. The van der Waals surface area contributed by atoms with Crippen molar-refractivity contribution in [2.45, 2.75) is 12.7 Å². The van der Waals surface area contributed by atoms with Gasteiger partial charge in [-0.25, -0.2) is 4.39 Å². The molecule has 2 heterocycles. The van der Waals surface area contributed by atoms with Crippen LogP contribution in [0.15, 0.2) is 45.5 Å². The maximum atomic E-state index is 14.2. The molecule has 0 spiro atoms. The normalized spacial score (nSPS) is 11.4. The number of hydrogen-bond acceptors (Lipinski definition) is 6. The van der Waals surface area contributed by atoms with Crippen molar-refractivity contribution in [1.29, 1.82) is 0 Å². The zero-order chi connectivity index (χ0) is 19.6. The predicted octanol–water partition coefficient (Wildman–Crippen LogP) is 2.99. The van der Waals surface area contributed by atoms with Crippen LogP contribution in [0.1, 0.15) is 22.0 Å². The third kappa shape index (κ3) is 4.02. The third-order valence-corrected chi connectivity index (χ3v) is 3.35. The van der Waals surface area contributed by atoms with Crippen LogP contribution in [0.4, 0.5) is 17.6 Å². The Balaban J connectivity index is 1.69. The van der Waals surface area contributed by atoms with Crippen LogP contribution in [0.2, 0.25) is 0 Å². The van der Waals surface area contributed by atoms with Gasteiger partial charge in [-0.05, 0) is 29.8 Å². The molecule has 0 saturated heterocycles. The summed E-state index contributed by atoms with van der Waals surface area (Å²) in [5.74, 6) is -5.08. The Morgan fingerprint density at radius 3 is 2.56 bits per heavy atom. The summed E-state index contributed by atoms with van der Waals surface area (Å²) in [6.45, 7) is -0.192. The number of amides is 1. The van der Waals surface area contributed by atoms with Crippen LogP contribution in [0, 0.1) is 5.82 Å². The van der Waals surface area contributed by atoms with E-state index in [0.29, 0.717) is 0 Å². The fourth-order valence-corrected chi connectivity index (χ4v) is 2.08. The molecule has 2 aromatic heterocycles. The molecule has 140 valence electrons. The van der Waals surface area contributed by atoms with Gasteiger partial charge in [0.25, 0.3) is 11.7 Å². The highest BCUT2D eigenvalue weighted by molar-refractivity contribution is 6.41. The average molecular weight is 383 g/mol. The van der Waals surface area contributed by atoms with Crippen LogP contribution >= 0.6 is 0 Å². The van der Waals surface area contributed by atoms with E-state index in [-0.39, 0.29) is 23.4 Å². The molecule has 0 fully saturated rings. The predicted molar refractivity (Wildman–Crippen MR) is 79.6 cm³/mol. The number of hydrogen-bond donors (Lipinski definition) is 1. The van der Waals surface area contributed by atoms with Gasteiger partial charge < -0.3 is 14.3 Å². The van der Waals surface area contributed by atoms with Crippen molar-refractivity contribution in [3.05, 3.63) is 59.6 Å². The fourth-order valence-electron chi connectivity index (χ4n) is 2.08. The Morgan fingerprint density at radius 2 is 1.96 bits per heavy atom. The first-order valence-corrected chi connectivity index (χ1v) is 7.31. The molecule has 3 rings (SSSR count). The maximum Gasteiger partial charge on any atom is 0.471 e. The van der Waals surface area contributed by atoms with Gasteiger partial charge in [-0.3, -0.25) is 9.59 Å². The molecule has 0 aliphatic carbocycles. The van der Waals surface area contributed by atoms with Gasteiger partial charge >= 0.3 is 12.1 Å². The van der Waals surface area contributed by atoms with E-state index in [0.717, 1.165) is 12.1 Å². The number of Topliss-reactive ketones (excluding diaryl/α,β-unsaturated/α-hetero) is 1. The Labute approximate surface area is 148 Å². The van der Waals surface area contributed by atoms with Crippen LogP contribution in [-0.4, -0.2) is 21.8 Å². The summed E-state index contributed by atoms with van der Waals surface area (Å²) in [5.41, 5.74) is -0.0487. The first-order chi connectivity index (χ1) is 12.8. The average Bonchev–Trinajstić information content (AvgIpc) is 3.30. The van der Waals surface area contributed by atoms with Gasteiger partial charge in [0, 0.05) is 6.54 Å². The van der Waals surface area contributed by atoms with Crippen LogP contribution in [0.25, 0.3) is 11.4 Å². The fraction of sp³-hybridized carbons (Fsp3) is 0.125. The third-order valence-electron chi connectivity index (χ3n) is 3.35. The summed E-state index contributed by atoms with van der Waals surface area (Å²) in [7, 11) is 0. The lowest BCUT2D eigenvalue weighted by atomic mass is 10.1. The van der Waals surface area contributed by atoms with Crippen molar-refractivity contribution in [3.8, 4) is 11.4 Å². The summed E-state index contributed by atoms with van der Waals surface area (Å²) in [6.07, 6.45) is -3.61. The number of carbonyl (C=O) groups is 2. The first kappa shape index (κ1) is 18.3. The zero-order valence-corrected chi connectivity index (χ0v) is 13.2. The van der Waals surface area contributed by atoms with Gasteiger partial charge in [0.2, 0.25) is 5.82 Å². The van der Waals surface area contributed by atoms with Crippen molar-refractivity contribution in [3.63, 3.8) is 0 Å². The number of alkyl halides is 3. The van der Waals surface area contributed by atoms with E-state index in [1.54, 1.807) is 0 Å². The number of aromatic nitrogens is 2. The number of benzene rings is 1.